The molecule has 0 aliphatic carbocycles. The maximum absolute atomic E-state index is 13.8. The molecule has 1 aromatic carbocycles. The molecule has 1 rings (SSSR count). The maximum atomic E-state index is 13.8. The Hall–Kier alpha value is -0.940. The third kappa shape index (κ3) is 3.78. The smallest absolute Gasteiger partial charge is 0.256 e. The van der Waals surface area contributed by atoms with Crippen molar-refractivity contribution >= 4 is 21.8 Å². The first-order chi connectivity index (χ1) is 8.26. The summed E-state index contributed by atoms with van der Waals surface area (Å²) in [6, 6.07) is 4.59. The van der Waals surface area contributed by atoms with E-state index in [1.165, 1.54) is 11.0 Å². The zero-order chi connectivity index (χ0) is 13.9. The van der Waals surface area contributed by atoms with Gasteiger partial charge in [0.2, 0.25) is 0 Å². The summed E-state index contributed by atoms with van der Waals surface area (Å²) >= 11 is 3.05. The van der Waals surface area contributed by atoms with Crippen LogP contribution < -0.4 is 0 Å². The Morgan fingerprint density at radius 2 is 2.11 bits per heavy atom. The highest BCUT2D eigenvalue weighted by atomic mass is 79.9. The second kappa shape index (κ2) is 5.80. The van der Waals surface area contributed by atoms with E-state index in [0.717, 1.165) is 0 Å². The molecule has 0 aliphatic rings. The van der Waals surface area contributed by atoms with E-state index in [1.807, 2.05) is 0 Å². The summed E-state index contributed by atoms with van der Waals surface area (Å²) in [7, 11) is 0. The molecule has 1 amide bonds. The topological polar surface area (TPSA) is 40.5 Å². The molecule has 0 heterocycles. The summed E-state index contributed by atoms with van der Waals surface area (Å²) in [5, 5.41) is 9.74. The standard InChI is InChI=1S/C13H17BrFNO2/c1-4-16(8-13(2,3)18)12(17)9-6-5-7-10(14)11(9)15/h5-7,18H,4,8H2,1-3H3. The van der Waals surface area contributed by atoms with E-state index in [2.05, 4.69) is 15.9 Å². The lowest BCUT2D eigenvalue weighted by molar-refractivity contribution is 0.0312. The van der Waals surface area contributed by atoms with Crippen LogP contribution in [0, 0.1) is 5.82 Å². The fourth-order valence-electron chi connectivity index (χ4n) is 1.63. The number of aliphatic hydroxyl groups is 1. The van der Waals surface area contributed by atoms with Crippen molar-refractivity contribution in [2.75, 3.05) is 13.1 Å². The number of rotatable bonds is 4. The van der Waals surface area contributed by atoms with Crippen LogP contribution in [0.3, 0.4) is 0 Å². The predicted molar refractivity (Wildman–Crippen MR) is 72.0 cm³/mol. The molecule has 5 heteroatoms. The van der Waals surface area contributed by atoms with Crippen LogP contribution in [0.15, 0.2) is 22.7 Å². The fraction of sp³-hybridized carbons (Fsp3) is 0.462. The number of carbonyl (C=O) groups is 1. The van der Waals surface area contributed by atoms with Crippen LogP contribution in [0.5, 0.6) is 0 Å². The molecule has 18 heavy (non-hydrogen) atoms. The van der Waals surface area contributed by atoms with Crippen molar-refractivity contribution < 1.29 is 14.3 Å². The molecular formula is C13H17BrFNO2. The van der Waals surface area contributed by atoms with E-state index in [-0.39, 0.29) is 16.6 Å². The van der Waals surface area contributed by atoms with Crippen LogP contribution in [0.2, 0.25) is 0 Å². The van der Waals surface area contributed by atoms with Crippen molar-refractivity contribution in [1.29, 1.82) is 0 Å². The lowest BCUT2D eigenvalue weighted by atomic mass is 10.1. The van der Waals surface area contributed by atoms with Crippen molar-refractivity contribution in [3.05, 3.63) is 34.1 Å². The van der Waals surface area contributed by atoms with Gasteiger partial charge in [-0.05, 0) is 48.8 Å². The van der Waals surface area contributed by atoms with E-state index in [1.54, 1.807) is 32.9 Å². The molecule has 0 bridgehead atoms. The SMILES string of the molecule is CCN(CC(C)(C)O)C(=O)c1cccc(Br)c1F. The molecule has 3 nitrogen and oxygen atoms in total. The normalized spacial score (nSPS) is 11.4. The quantitative estimate of drug-likeness (QED) is 0.927. The summed E-state index contributed by atoms with van der Waals surface area (Å²) in [5.74, 6) is -0.991. The van der Waals surface area contributed by atoms with Gasteiger partial charge >= 0.3 is 0 Å². The molecule has 100 valence electrons. The number of likely N-dealkylation sites (N-methyl/N-ethyl adjacent to an activating group) is 1. The van der Waals surface area contributed by atoms with Gasteiger partial charge in [-0.3, -0.25) is 4.79 Å². The number of hydrogen-bond donors (Lipinski definition) is 1. The summed E-state index contributed by atoms with van der Waals surface area (Å²) in [6.07, 6.45) is 0. The van der Waals surface area contributed by atoms with Gasteiger partial charge in [0.1, 0.15) is 5.82 Å². The van der Waals surface area contributed by atoms with Gasteiger partial charge in [0, 0.05) is 13.1 Å². The minimum absolute atomic E-state index is 0.00970. The van der Waals surface area contributed by atoms with Crippen LogP contribution in [-0.4, -0.2) is 34.6 Å². The maximum Gasteiger partial charge on any atom is 0.256 e. The van der Waals surface area contributed by atoms with Crippen LogP contribution in [0.25, 0.3) is 0 Å². The van der Waals surface area contributed by atoms with Gasteiger partial charge < -0.3 is 10.0 Å². The van der Waals surface area contributed by atoms with Gasteiger partial charge in [-0.1, -0.05) is 6.07 Å². The Morgan fingerprint density at radius 3 is 2.61 bits per heavy atom. The van der Waals surface area contributed by atoms with Gasteiger partial charge in [0.15, 0.2) is 0 Å². The van der Waals surface area contributed by atoms with E-state index in [4.69, 9.17) is 0 Å². The van der Waals surface area contributed by atoms with Crippen molar-refractivity contribution in [1.82, 2.24) is 4.90 Å². The van der Waals surface area contributed by atoms with Crippen LogP contribution in [0.1, 0.15) is 31.1 Å². The van der Waals surface area contributed by atoms with E-state index in [0.29, 0.717) is 6.54 Å². The molecule has 0 fully saturated rings. The largest absolute Gasteiger partial charge is 0.389 e. The van der Waals surface area contributed by atoms with E-state index < -0.39 is 17.3 Å². The molecule has 0 unspecified atom stereocenters. The Kier molecular flexibility index (Phi) is 4.87. The first-order valence-electron chi connectivity index (χ1n) is 5.72. The zero-order valence-corrected chi connectivity index (χ0v) is 12.3. The van der Waals surface area contributed by atoms with Crippen molar-refractivity contribution in [2.45, 2.75) is 26.4 Å². The summed E-state index contributed by atoms with van der Waals surface area (Å²) in [4.78, 5) is 13.6. The van der Waals surface area contributed by atoms with Crippen LogP contribution in [0.4, 0.5) is 4.39 Å². The lowest BCUT2D eigenvalue weighted by Crippen LogP contribution is -2.42. The van der Waals surface area contributed by atoms with Crippen LogP contribution in [-0.2, 0) is 0 Å². The van der Waals surface area contributed by atoms with Crippen LogP contribution >= 0.6 is 15.9 Å². The Morgan fingerprint density at radius 1 is 1.50 bits per heavy atom. The monoisotopic (exact) mass is 317 g/mol. The lowest BCUT2D eigenvalue weighted by Gasteiger charge is -2.28. The third-order valence-electron chi connectivity index (χ3n) is 2.43. The number of amides is 1. The highest BCUT2D eigenvalue weighted by Gasteiger charge is 2.24. The zero-order valence-electron chi connectivity index (χ0n) is 10.7. The molecule has 0 aliphatic heterocycles. The second-order valence-corrected chi connectivity index (χ2v) is 5.59. The summed E-state index contributed by atoms with van der Waals surface area (Å²) < 4.78 is 14.1. The molecule has 0 saturated carbocycles. The number of halogens is 2. The van der Waals surface area contributed by atoms with Crippen molar-refractivity contribution in [3.63, 3.8) is 0 Å². The Balaban J connectivity index is 3.01. The molecule has 0 radical (unpaired) electrons. The molecule has 0 aromatic heterocycles. The minimum Gasteiger partial charge on any atom is -0.389 e. The fourth-order valence-corrected chi connectivity index (χ4v) is 2.00. The van der Waals surface area contributed by atoms with E-state index in [9.17, 15) is 14.3 Å². The van der Waals surface area contributed by atoms with Gasteiger partial charge in [-0.15, -0.1) is 0 Å². The molecule has 0 saturated heterocycles. The third-order valence-corrected chi connectivity index (χ3v) is 3.04. The summed E-state index contributed by atoms with van der Waals surface area (Å²) in [6.45, 7) is 5.59. The number of hydrogen-bond acceptors (Lipinski definition) is 2. The van der Waals surface area contributed by atoms with Gasteiger partial charge in [0.25, 0.3) is 5.91 Å². The van der Waals surface area contributed by atoms with Crippen molar-refractivity contribution in [2.24, 2.45) is 0 Å². The number of nitrogens with zero attached hydrogens (tertiary/aromatic N) is 1. The molecule has 1 aromatic rings. The molecule has 1 N–H and O–H groups in total. The number of carbonyl (C=O) groups excluding carboxylic acids is 1. The highest BCUT2D eigenvalue weighted by Crippen LogP contribution is 2.20. The first kappa shape index (κ1) is 15.1. The van der Waals surface area contributed by atoms with E-state index >= 15 is 0 Å². The molecule has 0 spiro atoms. The molecular weight excluding hydrogens is 301 g/mol. The Labute approximate surface area is 115 Å². The van der Waals surface area contributed by atoms with Crippen molar-refractivity contribution in [3.8, 4) is 0 Å². The second-order valence-electron chi connectivity index (χ2n) is 4.73. The Bertz CT molecular complexity index is 443. The van der Waals surface area contributed by atoms with Gasteiger partial charge in [-0.2, -0.15) is 0 Å². The first-order valence-corrected chi connectivity index (χ1v) is 6.51. The minimum atomic E-state index is -1.01. The van der Waals surface area contributed by atoms with Gasteiger partial charge in [0.05, 0.1) is 15.6 Å². The average Bonchev–Trinajstić information content (AvgIpc) is 2.27. The average molecular weight is 318 g/mol. The predicted octanol–water partition coefficient (Wildman–Crippen LogP) is 2.82. The summed E-state index contributed by atoms with van der Waals surface area (Å²) in [5.41, 5.74) is -0.996. The van der Waals surface area contributed by atoms with Gasteiger partial charge in [-0.25, -0.2) is 4.39 Å². The number of benzene rings is 1. The highest BCUT2D eigenvalue weighted by molar-refractivity contribution is 9.10. The molecule has 0 atom stereocenters.